The van der Waals surface area contributed by atoms with Gasteiger partial charge in [-0.05, 0) is 44.9 Å². The summed E-state index contributed by atoms with van der Waals surface area (Å²) < 4.78 is 18.3. The summed E-state index contributed by atoms with van der Waals surface area (Å²) in [7, 11) is 0. The number of hydrogen-bond acceptors (Lipinski definition) is 5. The van der Waals surface area contributed by atoms with E-state index in [2.05, 4.69) is 19.8 Å². The molecule has 5 aliphatic rings. The molecular weight excluding hydrogens is 296 g/mol. The Labute approximate surface area is 137 Å². The van der Waals surface area contributed by atoms with E-state index in [9.17, 15) is 0 Å². The van der Waals surface area contributed by atoms with E-state index in [1.165, 1.54) is 0 Å². The van der Waals surface area contributed by atoms with Crippen LogP contribution in [0.2, 0.25) is 0 Å². The first-order valence-corrected chi connectivity index (χ1v) is 8.67. The standard InChI is InChI=1S/C18H26O5/c1-5-10-19-11-16(3)14-7-6-12(2)13-8-9-17(4)21-15(20-16)18(13,14)23-22-17/h1,12-15H,6-11H2,2-4H3/t12-,13+,14?,15-,16-,17-,18-/m1/s1. The highest BCUT2D eigenvalue weighted by Crippen LogP contribution is 2.63. The Balaban J connectivity index is 1.70. The third kappa shape index (κ3) is 2.13. The van der Waals surface area contributed by atoms with Crippen molar-refractivity contribution in [1.29, 1.82) is 0 Å². The van der Waals surface area contributed by atoms with Crippen molar-refractivity contribution >= 4 is 0 Å². The number of terminal acetylenes is 1. The van der Waals surface area contributed by atoms with Crippen LogP contribution in [0.3, 0.4) is 0 Å². The summed E-state index contributed by atoms with van der Waals surface area (Å²) in [6.07, 6.45) is 8.96. The molecule has 1 saturated carbocycles. The molecule has 1 unspecified atom stereocenters. The molecule has 4 saturated heterocycles. The number of hydrogen-bond donors (Lipinski definition) is 0. The highest BCUT2D eigenvalue weighted by atomic mass is 17.3. The molecule has 5 rings (SSSR count). The van der Waals surface area contributed by atoms with Gasteiger partial charge in [0.15, 0.2) is 11.9 Å². The lowest BCUT2D eigenvalue weighted by Gasteiger charge is -2.50. The van der Waals surface area contributed by atoms with Crippen LogP contribution in [-0.4, -0.2) is 36.5 Å². The number of rotatable bonds is 3. The highest BCUT2D eigenvalue weighted by Gasteiger charge is 2.73. The molecule has 0 radical (unpaired) electrons. The van der Waals surface area contributed by atoms with Gasteiger partial charge >= 0.3 is 0 Å². The Morgan fingerprint density at radius 2 is 2.00 bits per heavy atom. The highest BCUT2D eigenvalue weighted by molar-refractivity contribution is 5.15. The second kappa shape index (κ2) is 5.18. The Hall–Kier alpha value is -0.640. The van der Waals surface area contributed by atoms with Crippen molar-refractivity contribution in [2.45, 2.75) is 69.7 Å². The molecule has 1 spiro atoms. The molecule has 0 aromatic rings. The van der Waals surface area contributed by atoms with E-state index in [-0.39, 0.29) is 5.92 Å². The van der Waals surface area contributed by atoms with Gasteiger partial charge < -0.3 is 14.2 Å². The third-order valence-corrected chi connectivity index (χ3v) is 6.41. The van der Waals surface area contributed by atoms with Gasteiger partial charge in [-0.1, -0.05) is 12.8 Å². The Kier molecular flexibility index (Phi) is 3.57. The molecule has 1 aliphatic carbocycles. The normalized spacial score (nSPS) is 54.3. The van der Waals surface area contributed by atoms with Gasteiger partial charge in [-0.25, -0.2) is 9.78 Å². The van der Waals surface area contributed by atoms with Crippen LogP contribution in [0.1, 0.15) is 46.5 Å². The first kappa shape index (κ1) is 15.9. The van der Waals surface area contributed by atoms with Gasteiger partial charge in [0.05, 0.1) is 12.2 Å². The first-order valence-electron chi connectivity index (χ1n) is 8.67. The van der Waals surface area contributed by atoms with Crippen LogP contribution in [0.5, 0.6) is 0 Å². The van der Waals surface area contributed by atoms with Crippen molar-refractivity contribution in [3.8, 4) is 12.3 Å². The van der Waals surface area contributed by atoms with Crippen LogP contribution in [0.25, 0.3) is 0 Å². The van der Waals surface area contributed by atoms with Crippen LogP contribution >= 0.6 is 0 Å². The van der Waals surface area contributed by atoms with Crippen molar-refractivity contribution < 1.29 is 24.0 Å². The van der Waals surface area contributed by atoms with Gasteiger partial charge in [0.1, 0.15) is 6.61 Å². The van der Waals surface area contributed by atoms with Crippen molar-refractivity contribution in [2.75, 3.05) is 13.2 Å². The van der Waals surface area contributed by atoms with E-state index >= 15 is 0 Å². The van der Waals surface area contributed by atoms with Gasteiger partial charge in [0.25, 0.3) is 0 Å². The van der Waals surface area contributed by atoms with Crippen LogP contribution in [0.15, 0.2) is 0 Å². The molecule has 4 aliphatic heterocycles. The molecule has 5 fully saturated rings. The van der Waals surface area contributed by atoms with Crippen molar-refractivity contribution in [3.05, 3.63) is 0 Å². The summed E-state index contributed by atoms with van der Waals surface area (Å²) in [5.41, 5.74) is -0.992. The lowest BCUT2D eigenvalue weighted by Crippen LogP contribution is -2.62. The van der Waals surface area contributed by atoms with Crippen molar-refractivity contribution in [2.24, 2.45) is 17.8 Å². The zero-order chi connectivity index (χ0) is 16.3. The summed E-state index contributed by atoms with van der Waals surface area (Å²) in [6.45, 7) is 7.07. The minimum Gasteiger partial charge on any atom is -0.366 e. The quantitative estimate of drug-likeness (QED) is 0.454. The predicted octanol–water partition coefficient (Wildman–Crippen LogP) is 2.64. The molecule has 0 aromatic heterocycles. The molecule has 23 heavy (non-hydrogen) atoms. The zero-order valence-corrected chi connectivity index (χ0v) is 14.2. The molecule has 5 nitrogen and oxygen atoms in total. The first-order chi connectivity index (χ1) is 10.9. The summed E-state index contributed by atoms with van der Waals surface area (Å²) in [5, 5.41) is 0. The van der Waals surface area contributed by atoms with E-state index in [1.807, 2.05) is 6.92 Å². The molecule has 4 heterocycles. The minimum absolute atomic E-state index is 0.182. The molecule has 2 bridgehead atoms. The maximum absolute atomic E-state index is 6.41. The molecule has 128 valence electrons. The fourth-order valence-corrected chi connectivity index (χ4v) is 5.26. The van der Waals surface area contributed by atoms with Crippen molar-refractivity contribution in [3.63, 3.8) is 0 Å². The Morgan fingerprint density at radius 1 is 1.17 bits per heavy atom. The Morgan fingerprint density at radius 3 is 2.78 bits per heavy atom. The SMILES string of the molecule is C#CCOC[C@@]1(C)O[C@@H]2O[C@@]3(C)CC[C@H]4[C@H](C)CCC1[C@@]24OO3. The fraction of sp³-hybridized carbons (Fsp3) is 0.889. The largest absolute Gasteiger partial charge is 0.366 e. The van der Waals surface area contributed by atoms with E-state index < -0.39 is 23.3 Å². The third-order valence-electron chi connectivity index (χ3n) is 6.41. The topological polar surface area (TPSA) is 46.2 Å². The molecule has 7 atom stereocenters. The minimum atomic E-state index is -0.720. The van der Waals surface area contributed by atoms with Gasteiger partial charge in [-0.15, -0.1) is 6.42 Å². The smallest absolute Gasteiger partial charge is 0.201 e. The summed E-state index contributed by atoms with van der Waals surface area (Å²) in [5.74, 6) is 2.93. The summed E-state index contributed by atoms with van der Waals surface area (Å²) in [6, 6.07) is 0. The molecule has 5 heteroatoms. The van der Waals surface area contributed by atoms with Crippen LogP contribution in [0.4, 0.5) is 0 Å². The molecule has 0 aromatic carbocycles. The maximum Gasteiger partial charge on any atom is 0.201 e. The molecule has 0 amide bonds. The van der Waals surface area contributed by atoms with Gasteiger partial charge in [0.2, 0.25) is 5.79 Å². The summed E-state index contributed by atoms with van der Waals surface area (Å²) >= 11 is 0. The lowest BCUT2D eigenvalue weighted by molar-refractivity contribution is -0.541. The van der Waals surface area contributed by atoms with E-state index in [0.717, 1.165) is 25.7 Å². The second-order valence-electron chi connectivity index (χ2n) is 7.98. The maximum atomic E-state index is 6.41. The van der Waals surface area contributed by atoms with Crippen molar-refractivity contribution in [1.82, 2.24) is 0 Å². The predicted molar refractivity (Wildman–Crippen MR) is 81.9 cm³/mol. The second-order valence-corrected chi connectivity index (χ2v) is 7.98. The Bertz CT molecular complexity index is 530. The van der Waals surface area contributed by atoms with Gasteiger partial charge in [-0.3, -0.25) is 0 Å². The van der Waals surface area contributed by atoms with Gasteiger partial charge in [-0.2, -0.15) is 0 Å². The number of fused-ring (bicyclic) bond motifs is 2. The zero-order valence-electron chi connectivity index (χ0n) is 14.2. The molecule has 0 N–H and O–H groups in total. The monoisotopic (exact) mass is 322 g/mol. The molecular formula is C18H26O5. The summed E-state index contributed by atoms with van der Waals surface area (Å²) in [4.78, 5) is 11.8. The lowest BCUT2D eigenvalue weighted by atomic mass is 9.60. The van der Waals surface area contributed by atoms with Crippen LogP contribution < -0.4 is 0 Å². The van der Waals surface area contributed by atoms with Crippen LogP contribution in [-0.2, 0) is 24.0 Å². The van der Waals surface area contributed by atoms with Gasteiger partial charge in [0, 0.05) is 12.3 Å². The average molecular weight is 322 g/mol. The van der Waals surface area contributed by atoms with E-state index in [1.54, 1.807) is 0 Å². The fourth-order valence-electron chi connectivity index (χ4n) is 5.26. The van der Waals surface area contributed by atoms with E-state index in [0.29, 0.717) is 25.0 Å². The number of ether oxygens (including phenoxy) is 3. The average Bonchev–Trinajstić information content (AvgIpc) is 2.61. The van der Waals surface area contributed by atoms with E-state index in [4.69, 9.17) is 30.4 Å². The van der Waals surface area contributed by atoms with Crippen LogP contribution in [0, 0.1) is 30.1 Å².